The van der Waals surface area contributed by atoms with Crippen LogP contribution in [0.4, 0.5) is 5.95 Å². The number of hydrogen-bond donors (Lipinski definition) is 3. The molecule has 9 heteroatoms. The van der Waals surface area contributed by atoms with Gasteiger partial charge in [-0.25, -0.2) is 4.98 Å². The third kappa shape index (κ3) is 2.09. The van der Waals surface area contributed by atoms with Gasteiger partial charge in [-0.2, -0.15) is 4.98 Å². The molecule has 3 rings (SSSR count). The molecule has 9 nitrogen and oxygen atoms in total. The summed E-state index contributed by atoms with van der Waals surface area (Å²) >= 11 is 0. The lowest BCUT2D eigenvalue weighted by atomic mass is 10.1. The van der Waals surface area contributed by atoms with Gasteiger partial charge in [-0.05, 0) is 6.92 Å². The number of rotatable bonds is 2. The van der Waals surface area contributed by atoms with Crippen LogP contribution in [0.2, 0.25) is 0 Å². The summed E-state index contributed by atoms with van der Waals surface area (Å²) in [4.78, 5) is 20.3. The Bertz CT molecular complexity index is 737. The minimum absolute atomic E-state index is 0.0693. The molecular weight excluding hydrogens is 278 g/mol. The predicted molar refractivity (Wildman–Crippen MR) is 73.4 cm³/mol. The Morgan fingerprint density at radius 3 is 2.90 bits per heavy atom. The van der Waals surface area contributed by atoms with Crippen molar-refractivity contribution in [3.05, 3.63) is 16.7 Å². The largest absolute Gasteiger partial charge is 0.391 e. The van der Waals surface area contributed by atoms with Gasteiger partial charge in [-0.15, -0.1) is 0 Å². The average Bonchev–Trinajstić information content (AvgIpc) is 2.99. The molecular formula is C12H17N5O4. The Morgan fingerprint density at radius 1 is 1.57 bits per heavy atom. The van der Waals surface area contributed by atoms with Crippen molar-refractivity contribution in [2.75, 3.05) is 5.73 Å². The van der Waals surface area contributed by atoms with Crippen molar-refractivity contribution >= 4 is 17.1 Å². The van der Waals surface area contributed by atoms with Crippen LogP contribution in [0.1, 0.15) is 19.6 Å². The third-order valence-electron chi connectivity index (χ3n) is 3.76. The molecule has 1 fully saturated rings. The highest BCUT2D eigenvalue weighted by atomic mass is 16.5. The van der Waals surface area contributed by atoms with E-state index < -0.39 is 24.5 Å². The van der Waals surface area contributed by atoms with Gasteiger partial charge in [0.25, 0.3) is 5.56 Å². The Balaban J connectivity index is 2.05. The molecule has 0 aliphatic carbocycles. The number of anilines is 1. The monoisotopic (exact) mass is 295 g/mol. The standard InChI is InChI=1S/C12H17N5O4/c1-5(18)9-6(19)3-7(21-9)17-4-14-8-10(17)15-12(13)16(2)11(8)20/h4-7,9,18-19H,3H2,1-2H3,(H2,13,15). The van der Waals surface area contributed by atoms with Crippen LogP contribution in [0.3, 0.4) is 0 Å². The molecule has 4 N–H and O–H groups in total. The van der Waals surface area contributed by atoms with E-state index in [9.17, 15) is 15.0 Å². The Hall–Kier alpha value is -1.97. The maximum Gasteiger partial charge on any atom is 0.282 e. The number of aliphatic hydroxyl groups is 2. The summed E-state index contributed by atoms with van der Waals surface area (Å²) in [5.74, 6) is 0.0693. The topological polar surface area (TPSA) is 128 Å². The van der Waals surface area contributed by atoms with Gasteiger partial charge in [-0.1, -0.05) is 0 Å². The lowest BCUT2D eigenvalue weighted by molar-refractivity contribution is -0.0750. The summed E-state index contributed by atoms with van der Waals surface area (Å²) in [6, 6.07) is 0. The van der Waals surface area contributed by atoms with E-state index in [0.717, 1.165) is 0 Å². The molecule has 0 spiro atoms. The summed E-state index contributed by atoms with van der Waals surface area (Å²) in [5.41, 5.74) is 5.84. The van der Waals surface area contributed by atoms with Gasteiger partial charge in [0.2, 0.25) is 5.95 Å². The highest BCUT2D eigenvalue weighted by Gasteiger charge is 2.38. The fourth-order valence-corrected chi connectivity index (χ4v) is 2.56. The molecule has 2 aromatic rings. The Morgan fingerprint density at radius 2 is 2.29 bits per heavy atom. The van der Waals surface area contributed by atoms with E-state index in [1.807, 2.05) is 0 Å². The van der Waals surface area contributed by atoms with Crippen LogP contribution in [0, 0.1) is 0 Å². The molecule has 1 aliphatic rings. The molecule has 0 aromatic carbocycles. The van der Waals surface area contributed by atoms with Crippen LogP contribution in [-0.2, 0) is 11.8 Å². The summed E-state index contributed by atoms with van der Waals surface area (Å²) in [6.45, 7) is 1.55. The van der Waals surface area contributed by atoms with Gasteiger partial charge in [0.15, 0.2) is 11.2 Å². The van der Waals surface area contributed by atoms with Crippen molar-refractivity contribution in [2.24, 2.45) is 7.05 Å². The molecule has 0 radical (unpaired) electrons. The molecule has 21 heavy (non-hydrogen) atoms. The predicted octanol–water partition coefficient (Wildman–Crippen LogP) is -1.26. The number of hydrogen-bond acceptors (Lipinski definition) is 7. The zero-order valence-electron chi connectivity index (χ0n) is 11.7. The molecule has 3 heterocycles. The zero-order valence-corrected chi connectivity index (χ0v) is 11.7. The molecule has 2 aromatic heterocycles. The van der Waals surface area contributed by atoms with Crippen LogP contribution in [0.25, 0.3) is 11.2 Å². The number of fused-ring (bicyclic) bond motifs is 1. The number of imidazole rings is 1. The van der Waals surface area contributed by atoms with Gasteiger partial charge in [0.05, 0.1) is 18.5 Å². The molecule has 4 unspecified atom stereocenters. The van der Waals surface area contributed by atoms with Crippen molar-refractivity contribution in [3.63, 3.8) is 0 Å². The molecule has 114 valence electrons. The normalized spacial score (nSPS) is 27.3. The van der Waals surface area contributed by atoms with Crippen LogP contribution in [0.15, 0.2) is 11.1 Å². The molecule has 4 atom stereocenters. The van der Waals surface area contributed by atoms with Gasteiger partial charge in [0, 0.05) is 13.5 Å². The second-order valence-corrected chi connectivity index (χ2v) is 5.26. The quantitative estimate of drug-likeness (QED) is 0.630. The molecule has 0 amide bonds. The van der Waals surface area contributed by atoms with Crippen molar-refractivity contribution < 1.29 is 14.9 Å². The second-order valence-electron chi connectivity index (χ2n) is 5.26. The van der Waals surface area contributed by atoms with Gasteiger partial charge < -0.3 is 20.7 Å². The highest BCUT2D eigenvalue weighted by Crippen LogP contribution is 2.31. The lowest BCUT2D eigenvalue weighted by Gasteiger charge is -2.17. The van der Waals surface area contributed by atoms with E-state index in [1.54, 1.807) is 11.5 Å². The van der Waals surface area contributed by atoms with Crippen molar-refractivity contribution in [1.29, 1.82) is 0 Å². The maximum absolute atomic E-state index is 12.1. The first kappa shape index (κ1) is 14.0. The van der Waals surface area contributed by atoms with E-state index in [-0.39, 0.29) is 23.4 Å². The second kappa shape index (κ2) is 4.79. The average molecular weight is 295 g/mol. The van der Waals surface area contributed by atoms with Crippen LogP contribution >= 0.6 is 0 Å². The van der Waals surface area contributed by atoms with E-state index >= 15 is 0 Å². The number of nitrogens with zero attached hydrogens (tertiary/aromatic N) is 4. The smallest absolute Gasteiger partial charge is 0.282 e. The summed E-state index contributed by atoms with van der Waals surface area (Å²) in [6.07, 6.45) is -1.13. The van der Waals surface area contributed by atoms with Crippen molar-refractivity contribution in [2.45, 2.75) is 37.9 Å². The summed E-state index contributed by atoms with van der Waals surface area (Å²) in [5, 5.41) is 19.5. The fraction of sp³-hybridized carbons (Fsp3) is 0.583. The number of ether oxygens (including phenoxy) is 1. The van der Waals surface area contributed by atoms with Crippen molar-refractivity contribution in [3.8, 4) is 0 Å². The number of aliphatic hydroxyl groups excluding tert-OH is 2. The van der Waals surface area contributed by atoms with E-state index in [2.05, 4.69) is 9.97 Å². The maximum atomic E-state index is 12.1. The number of nitrogen functional groups attached to an aromatic ring is 1. The molecule has 0 saturated carbocycles. The fourth-order valence-electron chi connectivity index (χ4n) is 2.56. The van der Waals surface area contributed by atoms with Gasteiger partial charge in [-0.3, -0.25) is 13.9 Å². The summed E-state index contributed by atoms with van der Waals surface area (Å²) < 4.78 is 8.40. The van der Waals surface area contributed by atoms with Crippen LogP contribution in [0.5, 0.6) is 0 Å². The molecule has 1 aliphatic heterocycles. The highest BCUT2D eigenvalue weighted by molar-refractivity contribution is 5.70. The Kier molecular flexibility index (Phi) is 3.19. The van der Waals surface area contributed by atoms with Crippen LogP contribution in [-0.4, -0.2) is 47.6 Å². The SMILES string of the molecule is CC(O)C1OC(n2cnc3c(=O)n(C)c(N)nc32)CC1O. The Labute approximate surface area is 119 Å². The summed E-state index contributed by atoms with van der Waals surface area (Å²) in [7, 11) is 1.52. The molecule has 1 saturated heterocycles. The van der Waals surface area contributed by atoms with Crippen LogP contribution < -0.4 is 11.3 Å². The van der Waals surface area contributed by atoms with Gasteiger partial charge >= 0.3 is 0 Å². The first-order chi connectivity index (χ1) is 9.90. The lowest BCUT2D eigenvalue weighted by Crippen LogP contribution is -2.32. The first-order valence-corrected chi connectivity index (χ1v) is 6.60. The zero-order chi connectivity index (χ0) is 15.3. The van der Waals surface area contributed by atoms with Crippen molar-refractivity contribution in [1.82, 2.24) is 19.1 Å². The van der Waals surface area contributed by atoms with E-state index in [4.69, 9.17) is 10.5 Å². The minimum Gasteiger partial charge on any atom is -0.391 e. The number of nitrogens with two attached hydrogens (primary N) is 1. The minimum atomic E-state index is -0.800. The van der Waals surface area contributed by atoms with Gasteiger partial charge in [0.1, 0.15) is 12.3 Å². The first-order valence-electron chi connectivity index (χ1n) is 6.60. The number of aromatic nitrogens is 4. The third-order valence-corrected chi connectivity index (χ3v) is 3.76. The van der Waals surface area contributed by atoms with E-state index in [0.29, 0.717) is 5.65 Å². The molecule has 0 bridgehead atoms. The van der Waals surface area contributed by atoms with E-state index in [1.165, 1.54) is 17.9 Å².